The van der Waals surface area contributed by atoms with Crippen LogP contribution in [0.25, 0.3) is 0 Å². The van der Waals surface area contributed by atoms with Gasteiger partial charge in [0.2, 0.25) is 0 Å². The quantitative estimate of drug-likeness (QED) is 0.758. The first-order chi connectivity index (χ1) is 9.40. The van der Waals surface area contributed by atoms with E-state index < -0.39 is 11.9 Å². The van der Waals surface area contributed by atoms with Crippen molar-refractivity contribution in [2.75, 3.05) is 0 Å². The number of aromatic carboxylic acids is 2. The van der Waals surface area contributed by atoms with Gasteiger partial charge in [-0.15, -0.1) is 0 Å². The Kier molecular flexibility index (Phi) is 8.05. The molecule has 0 aliphatic carbocycles. The molecular weight excluding hydrogens is 320 g/mol. The Labute approximate surface area is 133 Å². The van der Waals surface area contributed by atoms with Crippen LogP contribution in [0.4, 0.5) is 0 Å². The van der Waals surface area contributed by atoms with Crippen LogP contribution in [0.3, 0.4) is 0 Å². The van der Waals surface area contributed by atoms with E-state index in [0.717, 1.165) is 11.1 Å². The van der Waals surface area contributed by atoms with Crippen LogP contribution in [0.15, 0.2) is 48.5 Å². The molecule has 0 fully saturated rings. The number of rotatable bonds is 2. The maximum Gasteiger partial charge on any atom is 2.00 e. The van der Waals surface area contributed by atoms with E-state index in [1.165, 1.54) is 12.1 Å². The molecule has 0 saturated carbocycles. The molecule has 0 saturated heterocycles. The number of hydrogen-bond acceptors (Lipinski definition) is 4. The molecular formula is C16H14CuO4. The minimum atomic E-state index is -1.12. The van der Waals surface area contributed by atoms with E-state index in [9.17, 15) is 19.8 Å². The van der Waals surface area contributed by atoms with Crippen LogP contribution in [0.1, 0.15) is 31.8 Å². The van der Waals surface area contributed by atoms with Crippen LogP contribution in [0.5, 0.6) is 0 Å². The molecule has 0 aliphatic heterocycles. The minimum absolute atomic E-state index is 0. The van der Waals surface area contributed by atoms with Crippen molar-refractivity contribution in [3.8, 4) is 0 Å². The van der Waals surface area contributed by atoms with Gasteiger partial charge in [0, 0.05) is 0 Å². The van der Waals surface area contributed by atoms with Crippen LogP contribution in [-0.4, -0.2) is 11.9 Å². The van der Waals surface area contributed by atoms with Gasteiger partial charge < -0.3 is 19.8 Å². The van der Waals surface area contributed by atoms with E-state index in [4.69, 9.17) is 0 Å². The number of carbonyl (C=O) groups is 2. The van der Waals surface area contributed by atoms with Gasteiger partial charge in [-0.25, -0.2) is 0 Å². The molecule has 113 valence electrons. The fourth-order valence-electron chi connectivity index (χ4n) is 1.54. The standard InChI is InChI=1S/2C8H8O2.Cu/c2*1-6-3-2-4-7(5-6)8(9)10;/h2*2-5H,1H3,(H,9,10);/q;;+2/p-2. The largest absolute Gasteiger partial charge is 2.00 e. The predicted octanol–water partition coefficient (Wildman–Crippen LogP) is 0.715. The van der Waals surface area contributed by atoms with Crippen molar-refractivity contribution >= 4 is 11.9 Å². The van der Waals surface area contributed by atoms with E-state index >= 15 is 0 Å². The van der Waals surface area contributed by atoms with E-state index in [2.05, 4.69) is 0 Å². The number of carbonyl (C=O) groups excluding carboxylic acids is 2. The Bertz CT molecular complexity index is 568. The number of benzene rings is 2. The first-order valence-electron chi connectivity index (χ1n) is 5.96. The van der Waals surface area contributed by atoms with Gasteiger partial charge in [0.15, 0.2) is 0 Å². The third-order valence-corrected chi connectivity index (χ3v) is 2.51. The molecule has 0 bridgehead atoms. The second-order valence-electron chi connectivity index (χ2n) is 4.31. The molecule has 0 N–H and O–H groups in total. The van der Waals surface area contributed by atoms with E-state index in [1.807, 2.05) is 26.0 Å². The number of aryl methyl sites for hydroxylation is 2. The normalized spacial score (nSPS) is 8.86. The monoisotopic (exact) mass is 333 g/mol. The molecule has 4 nitrogen and oxygen atoms in total. The third-order valence-electron chi connectivity index (χ3n) is 2.51. The Balaban J connectivity index is 0.000000364. The van der Waals surface area contributed by atoms with Gasteiger partial charge in [0.05, 0.1) is 11.9 Å². The van der Waals surface area contributed by atoms with Crippen molar-refractivity contribution in [3.05, 3.63) is 70.8 Å². The summed E-state index contributed by atoms with van der Waals surface area (Å²) in [6.07, 6.45) is 0. The predicted molar refractivity (Wildman–Crippen MR) is 71.0 cm³/mol. The molecule has 0 amide bonds. The van der Waals surface area contributed by atoms with Crippen molar-refractivity contribution < 1.29 is 36.9 Å². The van der Waals surface area contributed by atoms with Crippen LogP contribution in [0, 0.1) is 13.8 Å². The summed E-state index contributed by atoms with van der Waals surface area (Å²) in [6, 6.07) is 13.3. The summed E-state index contributed by atoms with van der Waals surface area (Å²) >= 11 is 0. The van der Waals surface area contributed by atoms with Crippen LogP contribution in [0.2, 0.25) is 0 Å². The summed E-state index contributed by atoms with van der Waals surface area (Å²) in [4.78, 5) is 20.5. The molecule has 2 aromatic carbocycles. The average Bonchev–Trinajstić information content (AvgIpc) is 2.39. The summed E-state index contributed by atoms with van der Waals surface area (Å²) in [5.74, 6) is -2.24. The van der Waals surface area contributed by atoms with Crippen molar-refractivity contribution in [2.45, 2.75) is 13.8 Å². The Morgan fingerprint density at radius 3 is 1.29 bits per heavy atom. The van der Waals surface area contributed by atoms with Crippen molar-refractivity contribution in [2.24, 2.45) is 0 Å². The van der Waals surface area contributed by atoms with Gasteiger partial charge in [-0.2, -0.15) is 0 Å². The summed E-state index contributed by atoms with van der Waals surface area (Å²) in [7, 11) is 0. The summed E-state index contributed by atoms with van der Waals surface area (Å²) < 4.78 is 0. The second-order valence-corrected chi connectivity index (χ2v) is 4.31. The molecule has 0 atom stereocenters. The number of carboxylic acid groups (broad SMARTS) is 2. The molecule has 2 aromatic rings. The van der Waals surface area contributed by atoms with Gasteiger partial charge in [-0.3, -0.25) is 0 Å². The average molecular weight is 334 g/mol. The third kappa shape index (κ3) is 6.75. The second kappa shape index (κ2) is 8.95. The van der Waals surface area contributed by atoms with Gasteiger partial charge in [0.1, 0.15) is 0 Å². The Morgan fingerprint density at radius 2 is 1.10 bits per heavy atom. The molecule has 0 unspecified atom stereocenters. The summed E-state index contributed by atoms with van der Waals surface area (Å²) in [5.41, 5.74) is 2.34. The Morgan fingerprint density at radius 1 is 0.762 bits per heavy atom. The maximum absolute atomic E-state index is 10.2. The fourth-order valence-corrected chi connectivity index (χ4v) is 1.54. The zero-order valence-corrected chi connectivity index (χ0v) is 12.5. The van der Waals surface area contributed by atoms with Gasteiger partial charge in [-0.05, 0) is 25.0 Å². The van der Waals surface area contributed by atoms with Crippen LogP contribution < -0.4 is 10.2 Å². The SMILES string of the molecule is Cc1cccc(C(=O)[O-])c1.Cc1cccc(C(=O)[O-])c1.[Cu+2]. The zero-order chi connectivity index (χ0) is 15.1. The zero-order valence-electron chi connectivity index (χ0n) is 11.6. The number of hydrogen-bond donors (Lipinski definition) is 0. The Hall–Kier alpha value is -2.10. The topological polar surface area (TPSA) is 80.3 Å². The van der Waals surface area contributed by atoms with Gasteiger partial charge >= 0.3 is 17.1 Å². The number of carboxylic acids is 2. The molecule has 5 heteroatoms. The molecule has 0 aromatic heterocycles. The smallest absolute Gasteiger partial charge is 0.545 e. The van der Waals surface area contributed by atoms with Crippen LogP contribution >= 0.6 is 0 Å². The molecule has 0 aliphatic rings. The molecule has 0 heterocycles. The first-order valence-corrected chi connectivity index (χ1v) is 5.96. The molecule has 1 radical (unpaired) electrons. The minimum Gasteiger partial charge on any atom is -0.545 e. The van der Waals surface area contributed by atoms with E-state index in [-0.39, 0.29) is 28.2 Å². The maximum atomic E-state index is 10.2. The van der Waals surface area contributed by atoms with Crippen molar-refractivity contribution in [1.82, 2.24) is 0 Å². The summed E-state index contributed by atoms with van der Waals surface area (Å²) in [5, 5.41) is 20.5. The summed E-state index contributed by atoms with van der Waals surface area (Å²) in [6.45, 7) is 3.68. The van der Waals surface area contributed by atoms with Gasteiger partial charge in [-0.1, -0.05) is 59.7 Å². The van der Waals surface area contributed by atoms with Crippen molar-refractivity contribution in [1.29, 1.82) is 0 Å². The van der Waals surface area contributed by atoms with Crippen molar-refractivity contribution in [3.63, 3.8) is 0 Å². The molecule has 0 spiro atoms. The van der Waals surface area contributed by atoms with E-state index in [1.54, 1.807) is 24.3 Å². The van der Waals surface area contributed by atoms with Gasteiger partial charge in [0.25, 0.3) is 0 Å². The van der Waals surface area contributed by atoms with E-state index in [0.29, 0.717) is 0 Å². The fraction of sp³-hybridized carbons (Fsp3) is 0.125. The van der Waals surface area contributed by atoms with Crippen LogP contribution in [-0.2, 0) is 17.1 Å². The molecule has 21 heavy (non-hydrogen) atoms. The first kappa shape index (κ1) is 18.9. The molecule has 2 rings (SSSR count).